The predicted octanol–water partition coefficient (Wildman–Crippen LogP) is 2.80. The van der Waals surface area contributed by atoms with E-state index in [1.807, 2.05) is 19.1 Å². The van der Waals surface area contributed by atoms with Crippen LogP contribution in [0, 0.1) is 0 Å². The van der Waals surface area contributed by atoms with Crippen LogP contribution in [0.3, 0.4) is 0 Å². The van der Waals surface area contributed by atoms with Crippen LogP contribution < -0.4 is 5.32 Å². The number of carbonyl (C=O) groups excluding carboxylic acids is 1. The summed E-state index contributed by atoms with van der Waals surface area (Å²) in [5.74, 6) is -0.221. The molecule has 4 nitrogen and oxygen atoms in total. The summed E-state index contributed by atoms with van der Waals surface area (Å²) in [7, 11) is 0. The Morgan fingerprint density at radius 3 is 3.24 bits per heavy atom. The molecule has 1 aromatic carbocycles. The van der Waals surface area contributed by atoms with Crippen LogP contribution in [0.1, 0.15) is 47.4 Å². The highest BCUT2D eigenvalue weighted by Gasteiger charge is 2.30. The molecule has 1 aliphatic heterocycles. The van der Waals surface area contributed by atoms with Crippen molar-refractivity contribution in [3.63, 3.8) is 0 Å². The molecule has 1 N–H and O–H groups in total. The van der Waals surface area contributed by atoms with Gasteiger partial charge in [-0.3, -0.25) is 0 Å². The lowest BCUT2D eigenvalue weighted by atomic mass is 9.90. The number of aromatic nitrogens is 1. The van der Waals surface area contributed by atoms with E-state index in [1.54, 1.807) is 0 Å². The number of carbonyl (C=O) groups is 1. The summed E-state index contributed by atoms with van der Waals surface area (Å²) in [5, 5.41) is 4.86. The van der Waals surface area contributed by atoms with Gasteiger partial charge in [0.25, 0.3) is 0 Å². The van der Waals surface area contributed by atoms with Crippen molar-refractivity contribution < 1.29 is 9.53 Å². The van der Waals surface area contributed by atoms with Crippen molar-refractivity contribution in [2.24, 2.45) is 0 Å². The maximum atomic E-state index is 12.0. The molecule has 21 heavy (non-hydrogen) atoms. The molecule has 0 amide bonds. The van der Waals surface area contributed by atoms with Gasteiger partial charge in [0.2, 0.25) is 0 Å². The standard InChI is InChI=1S/C17H20N2O2/c1-2-21-17(20)11-6-7-15-13(10-11)12-4-3-5-14-16(12)19(15)9-8-18-14/h6-7,10,14,18H,2-5,8-9H2,1H3/t14-/m0/s1. The Labute approximate surface area is 124 Å². The SMILES string of the molecule is CCOC(=O)c1ccc2c(c1)c1c3n2CCN[C@H]3CCC1. The number of ether oxygens (including phenoxy) is 1. The van der Waals surface area contributed by atoms with Gasteiger partial charge in [-0.25, -0.2) is 4.79 Å². The highest BCUT2D eigenvalue weighted by Crippen LogP contribution is 2.39. The molecule has 4 rings (SSSR count). The van der Waals surface area contributed by atoms with Crippen LogP contribution in [0.25, 0.3) is 10.9 Å². The van der Waals surface area contributed by atoms with E-state index in [-0.39, 0.29) is 5.97 Å². The topological polar surface area (TPSA) is 43.3 Å². The average Bonchev–Trinajstić information content (AvgIpc) is 2.84. The van der Waals surface area contributed by atoms with Crippen LogP contribution in [0.15, 0.2) is 18.2 Å². The lowest BCUT2D eigenvalue weighted by Crippen LogP contribution is -2.35. The fourth-order valence-electron chi connectivity index (χ4n) is 3.86. The molecule has 0 radical (unpaired) electrons. The minimum Gasteiger partial charge on any atom is -0.462 e. The molecule has 0 unspecified atom stereocenters. The number of rotatable bonds is 2. The lowest BCUT2D eigenvalue weighted by molar-refractivity contribution is 0.0526. The van der Waals surface area contributed by atoms with E-state index in [0.717, 1.165) is 19.5 Å². The van der Waals surface area contributed by atoms with Crippen molar-refractivity contribution in [3.05, 3.63) is 35.0 Å². The summed E-state index contributed by atoms with van der Waals surface area (Å²) < 4.78 is 7.57. The predicted molar refractivity (Wildman–Crippen MR) is 81.6 cm³/mol. The highest BCUT2D eigenvalue weighted by molar-refractivity contribution is 5.96. The first-order chi connectivity index (χ1) is 10.3. The van der Waals surface area contributed by atoms with Crippen molar-refractivity contribution in [3.8, 4) is 0 Å². The van der Waals surface area contributed by atoms with Crippen LogP contribution in [0.5, 0.6) is 0 Å². The first-order valence-electron chi connectivity index (χ1n) is 7.85. The van der Waals surface area contributed by atoms with Crippen molar-refractivity contribution in [2.75, 3.05) is 13.2 Å². The van der Waals surface area contributed by atoms with E-state index in [2.05, 4.69) is 16.0 Å². The largest absolute Gasteiger partial charge is 0.462 e. The molecule has 0 saturated heterocycles. The number of esters is 1. The summed E-state index contributed by atoms with van der Waals surface area (Å²) in [6, 6.07) is 6.49. The van der Waals surface area contributed by atoms with Crippen LogP contribution in [0.4, 0.5) is 0 Å². The second kappa shape index (κ2) is 4.88. The van der Waals surface area contributed by atoms with Crippen LogP contribution >= 0.6 is 0 Å². The summed E-state index contributed by atoms with van der Waals surface area (Å²) in [4.78, 5) is 12.0. The van der Waals surface area contributed by atoms with E-state index < -0.39 is 0 Å². The average molecular weight is 284 g/mol. The maximum Gasteiger partial charge on any atom is 0.338 e. The third-order valence-corrected chi connectivity index (χ3v) is 4.70. The maximum absolute atomic E-state index is 12.0. The Morgan fingerprint density at radius 2 is 2.38 bits per heavy atom. The molecule has 110 valence electrons. The number of hydrogen-bond acceptors (Lipinski definition) is 3. The fourth-order valence-corrected chi connectivity index (χ4v) is 3.86. The van der Waals surface area contributed by atoms with E-state index in [4.69, 9.17) is 4.74 Å². The molecule has 0 spiro atoms. The third-order valence-electron chi connectivity index (χ3n) is 4.70. The number of hydrogen-bond donors (Lipinski definition) is 1. The molecular formula is C17H20N2O2. The van der Waals surface area contributed by atoms with Crippen molar-refractivity contribution in [1.29, 1.82) is 0 Å². The van der Waals surface area contributed by atoms with Gasteiger partial charge in [-0.1, -0.05) is 0 Å². The number of benzene rings is 1. The number of fused-ring (bicyclic) bond motifs is 3. The molecule has 1 aromatic heterocycles. The van der Waals surface area contributed by atoms with Gasteiger partial charge in [-0.15, -0.1) is 0 Å². The molecule has 1 atom stereocenters. The molecule has 1 aliphatic carbocycles. The molecule has 2 aromatic rings. The highest BCUT2D eigenvalue weighted by atomic mass is 16.5. The summed E-state index contributed by atoms with van der Waals surface area (Å²) in [6.45, 7) is 4.30. The quantitative estimate of drug-likeness (QED) is 0.862. The van der Waals surface area contributed by atoms with Gasteiger partial charge in [-0.2, -0.15) is 0 Å². The number of nitrogens with one attached hydrogen (secondary N) is 1. The fraction of sp³-hybridized carbons (Fsp3) is 0.471. The third kappa shape index (κ3) is 1.89. The van der Waals surface area contributed by atoms with Gasteiger partial charge in [-0.05, 0) is 49.9 Å². The summed E-state index contributed by atoms with van der Waals surface area (Å²) >= 11 is 0. The van der Waals surface area contributed by atoms with Gasteiger partial charge in [0.15, 0.2) is 0 Å². The van der Waals surface area contributed by atoms with E-state index in [9.17, 15) is 4.79 Å². The van der Waals surface area contributed by atoms with E-state index in [1.165, 1.54) is 35.0 Å². The normalized spacial score (nSPS) is 20.3. The first-order valence-corrected chi connectivity index (χ1v) is 7.85. The molecule has 2 aliphatic rings. The molecule has 2 heterocycles. The summed E-state index contributed by atoms with van der Waals surface area (Å²) in [6.07, 6.45) is 3.55. The van der Waals surface area contributed by atoms with Crippen LogP contribution in [-0.4, -0.2) is 23.7 Å². The zero-order valence-electron chi connectivity index (χ0n) is 12.3. The Hall–Kier alpha value is -1.81. The Morgan fingerprint density at radius 1 is 1.48 bits per heavy atom. The minimum atomic E-state index is -0.221. The Balaban J connectivity index is 1.90. The van der Waals surface area contributed by atoms with Gasteiger partial charge in [0.1, 0.15) is 0 Å². The molecular weight excluding hydrogens is 264 g/mol. The number of nitrogens with zero attached hydrogens (tertiary/aromatic N) is 1. The monoisotopic (exact) mass is 284 g/mol. The Kier molecular flexibility index (Phi) is 3.00. The molecule has 0 bridgehead atoms. The minimum absolute atomic E-state index is 0.221. The van der Waals surface area contributed by atoms with Gasteiger partial charge in [0, 0.05) is 35.7 Å². The molecule has 0 fully saturated rings. The first kappa shape index (κ1) is 12.9. The zero-order valence-corrected chi connectivity index (χ0v) is 12.3. The van der Waals surface area contributed by atoms with Gasteiger partial charge >= 0.3 is 5.97 Å². The summed E-state index contributed by atoms with van der Waals surface area (Å²) in [5.41, 5.74) is 4.81. The van der Waals surface area contributed by atoms with Gasteiger partial charge in [0.05, 0.1) is 12.2 Å². The molecule has 4 heteroatoms. The van der Waals surface area contributed by atoms with Crippen molar-refractivity contribution in [1.82, 2.24) is 9.88 Å². The van der Waals surface area contributed by atoms with E-state index in [0.29, 0.717) is 18.2 Å². The van der Waals surface area contributed by atoms with Crippen LogP contribution in [-0.2, 0) is 17.7 Å². The van der Waals surface area contributed by atoms with Crippen molar-refractivity contribution in [2.45, 2.75) is 38.8 Å². The second-order valence-electron chi connectivity index (χ2n) is 5.87. The zero-order chi connectivity index (χ0) is 14.4. The Bertz CT molecular complexity index is 715. The molecule has 0 saturated carbocycles. The number of aryl methyl sites for hydroxylation is 1. The van der Waals surface area contributed by atoms with Crippen LogP contribution in [0.2, 0.25) is 0 Å². The van der Waals surface area contributed by atoms with Gasteiger partial charge < -0.3 is 14.6 Å². The smallest absolute Gasteiger partial charge is 0.338 e. The second-order valence-corrected chi connectivity index (χ2v) is 5.87. The van der Waals surface area contributed by atoms with E-state index >= 15 is 0 Å². The van der Waals surface area contributed by atoms with Crippen molar-refractivity contribution >= 4 is 16.9 Å². The lowest BCUT2D eigenvalue weighted by Gasteiger charge is -2.31.